The summed E-state index contributed by atoms with van der Waals surface area (Å²) in [7, 11) is 1.57. The summed E-state index contributed by atoms with van der Waals surface area (Å²) in [5.74, 6) is -0.964. The van der Waals surface area contributed by atoms with Crippen LogP contribution in [-0.4, -0.2) is 47.3 Å². The van der Waals surface area contributed by atoms with Crippen molar-refractivity contribution in [2.45, 2.75) is 26.7 Å². The largest absolute Gasteiger partial charge is 0.505 e. The van der Waals surface area contributed by atoms with Crippen molar-refractivity contribution < 1.29 is 28.9 Å². The van der Waals surface area contributed by atoms with Crippen molar-refractivity contribution in [2.75, 3.05) is 20.3 Å². The van der Waals surface area contributed by atoms with Gasteiger partial charge in [-0.2, -0.15) is 0 Å². The van der Waals surface area contributed by atoms with Crippen LogP contribution in [0.1, 0.15) is 53.9 Å². The van der Waals surface area contributed by atoms with Crippen LogP contribution in [0.5, 0.6) is 11.5 Å². The molecule has 0 radical (unpaired) electrons. The molecule has 210 valence electrons. The van der Waals surface area contributed by atoms with Crippen LogP contribution in [0.3, 0.4) is 0 Å². The van der Waals surface area contributed by atoms with Crippen molar-refractivity contribution in [1.29, 1.82) is 0 Å². The molecule has 9 heteroatoms. The Labute approximate surface area is 236 Å². The zero-order valence-electron chi connectivity index (χ0n) is 23.3. The highest BCUT2D eigenvalue weighted by Gasteiger charge is 2.36. The van der Waals surface area contributed by atoms with Gasteiger partial charge in [-0.05, 0) is 62.7 Å². The maximum absolute atomic E-state index is 13.1. The summed E-state index contributed by atoms with van der Waals surface area (Å²) in [6.07, 6.45) is 1.78. The molecule has 2 aromatic heterocycles. The van der Waals surface area contributed by atoms with Gasteiger partial charge in [0.25, 0.3) is 0 Å². The first-order valence-electron chi connectivity index (χ1n) is 13.3. The van der Waals surface area contributed by atoms with E-state index < -0.39 is 11.9 Å². The third-order valence-electron chi connectivity index (χ3n) is 6.93. The Balaban J connectivity index is 1.56. The molecule has 3 heterocycles. The molecule has 0 saturated heterocycles. The summed E-state index contributed by atoms with van der Waals surface area (Å²) in [4.78, 5) is 36.3. The van der Waals surface area contributed by atoms with Crippen molar-refractivity contribution >= 4 is 18.0 Å². The van der Waals surface area contributed by atoms with E-state index in [4.69, 9.17) is 14.2 Å². The number of aromatic nitrogens is 2. The number of methoxy groups -OCH3 is 1. The van der Waals surface area contributed by atoms with Gasteiger partial charge in [0, 0.05) is 17.0 Å². The molecule has 0 spiro atoms. The lowest BCUT2D eigenvalue weighted by Gasteiger charge is -2.24. The van der Waals surface area contributed by atoms with Gasteiger partial charge in [0.15, 0.2) is 0 Å². The van der Waals surface area contributed by atoms with E-state index in [2.05, 4.69) is 15.0 Å². The van der Waals surface area contributed by atoms with Crippen LogP contribution in [0.4, 0.5) is 0 Å². The first-order valence-corrected chi connectivity index (χ1v) is 13.3. The van der Waals surface area contributed by atoms with E-state index >= 15 is 0 Å². The number of aromatic amines is 2. The van der Waals surface area contributed by atoms with Crippen molar-refractivity contribution in [3.8, 4) is 22.8 Å². The van der Waals surface area contributed by atoms with Crippen molar-refractivity contribution in [1.82, 2.24) is 9.97 Å². The molecule has 9 nitrogen and oxygen atoms in total. The molecule has 0 aliphatic carbocycles. The monoisotopic (exact) mass is 553 g/mol. The molecule has 0 bridgehead atoms. The molecular weight excluding hydrogens is 522 g/mol. The van der Waals surface area contributed by atoms with Crippen LogP contribution in [0.15, 0.2) is 76.9 Å². The van der Waals surface area contributed by atoms with E-state index in [9.17, 15) is 14.7 Å². The van der Waals surface area contributed by atoms with E-state index in [1.54, 1.807) is 46.1 Å². The van der Waals surface area contributed by atoms with Gasteiger partial charge in [0.1, 0.15) is 17.0 Å². The predicted molar refractivity (Wildman–Crippen MR) is 153 cm³/mol. The second kappa shape index (κ2) is 11.6. The smallest absolute Gasteiger partial charge is 0.338 e. The molecular formula is C32H31N3O6. The number of H-pyrrole nitrogens is 2. The molecule has 1 atom stereocenters. The first kappa shape index (κ1) is 27.5. The quantitative estimate of drug-likeness (QED) is 0.279. The summed E-state index contributed by atoms with van der Waals surface area (Å²) in [5.41, 5.74) is 5.41. The van der Waals surface area contributed by atoms with E-state index in [-0.39, 0.29) is 18.3 Å². The highest BCUT2D eigenvalue weighted by molar-refractivity contribution is 5.93. The number of carbonyl (C=O) groups excluding carboxylic acids is 2. The lowest BCUT2D eigenvalue weighted by molar-refractivity contribution is -0.138. The highest BCUT2D eigenvalue weighted by atomic mass is 16.5. The fraction of sp³-hybridized carbons (Fsp3) is 0.219. The zero-order chi connectivity index (χ0) is 29.1. The third kappa shape index (κ3) is 5.26. The Hall–Kier alpha value is -5.05. The number of esters is 2. The molecule has 4 aromatic rings. The van der Waals surface area contributed by atoms with Gasteiger partial charge in [0.05, 0.1) is 54.0 Å². The topological polar surface area (TPSA) is 126 Å². The van der Waals surface area contributed by atoms with E-state index in [0.29, 0.717) is 51.2 Å². The minimum atomic E-state index is -0.659. The molecule has 0 amide bonds. The van der Waals surface area contributed by atoms with Crippen molar-refractivity contribution in [3.05, 3.63) is 105 Å². The standard InChI is InChI=1S/C32H31N3O6/c1-5-40-31(37)20-13-11-19(12-14-20)23-16-15-21(34-23)17-24-29(36)28-27(22-9-7-8-10-25(22)39-4)26(32(38)41-6-2)18(3)33-30(28)35-24/h7-17,27,34,36H,5-6H2,1-4H3,(H,33,35). The molecule has 0 saturated carbocycles. The zero-order valence-corrected chi connectivity index (χ0v) is 23.3. The van der Waals surface area contributed by atoms with Crippen LogP contribution >= 0.6 is 0 Å². The van der Waals surface area contributed by atoms with Crippen LogP contribution in [0.2, 0.25) is 0 Å². The lowest BCUT2D eigenvalue weighted by atomic mass is 9.82. The minimum Gasteiger partial charge on any atom is -0.505 e. The van der Waals surface area contributed by atoms with E-state index in [0.717, 1.165) is 17.0 Å². The average molecular weight is 554 g/mol. The summed E-state index contributed by atoms with van der Waals surface area (Å²) in [6, 6.07) is 18.3. The molecule has 1 aliphatic rings. The molecule has 41 heavy (non-hydrogen) atoms. The highest BCUT2D eigenvalue weighted by Crippen LogP contribution is 2.41. The van der Waals surface area contributed by atoms with E-state index in [1.807, 2.05) is 48.5 Å². The van der Waals surface area contributed by atoms with Crippen LogP contribution < -0.4 is 15.6 Å². The molecule has 0 fully saturated rings. The molecule has 1 unspecified atom stereocenters. The van der Waals surface area contributed by atoms with E-state index in [1.165, 1.54) is 0 Å². The Bertz CT molecular complexity index is 1760. The normalized spacial score (nSPS) is 14.8. The number of para-hydroxylation sites is 1. The lowest BCUT2D eigenvalue weighted by Crippen LogP contribution is -2.26. The van der Waals surface area contributed by atoms with Crippen molar-refractivity contribution in [3.63, 3.8) is 0 Å². The van der Waals surface area contributed by atoms with Gasteiger partial charge in [0.2, 0.25) is 0 Å². The maximum Gasteiger partial charge on any atom is 0.338 e. The number of hydrogen-bond acceptors (Lipinski definition) is 7. The summed E-state index contributed by atoms with van der Waals surface area (Å²) < 4.78 is 16.1. The van der Waals surface area contributed by atoms with Gasteiger partial charge in [-0.15, -0.1) is 0 Å². The van der Waals surface area contributed by atoms with Gasteiger partial charge in [-0.3, -0.25) is 0 Å². The predicted octanol–water partition coefficient (Wildman–Crippen LogP) is 4.33. The Morgan fingerprint density at radius 1 is 0.951 bits per heavy atom. The average Bonchev–Trinajstić information content (AvgIpc) is 3.56. The number of allylic oxidation sites excluding steroid dienone is 1. The second-order valence-electron chi connectivity index (χ2n) is 9.43. The van der Waals surface area contributed by atoms with Gasteiger partial charge < -0.3 is 29.3 Å². The fourth-order valence-corrected chi connectivity index (χ4v) is 5.07. The van der Waals surface area contributed by atoms with Crippen molar-refractivity contribution in [2.24, 2.45) is 4.99 Å². The Morgan fingerprint density at radius 3 is 2.37 bits per heavy atom. The SMILES string of the molecule is CCOC(=O)C1=C(C)N=c2[nH]c(=Cc3ccc(-c4ccc(C(=O)OCC)cc4)[nH]3)c(O)c2C1c1ccccc1OC. The van der Waals surface area contributed by atoms with Gasteiger partial charge in [-0.1, -0.05) is 30.3 Å². The number of nitrogens with zero attached hydrogens (tertiary/aromatic N) is 1. The Kier molecular flexibility index (Phi) is 7.78. The summed E-state index contributed by atoms with van der Waals surface area (Å²) >= 11 is 0. The molecule has 3 N–H and O–H groups in total. The number of fused-ring (bicyclic) bond motifs is 1. The number of hydrogen-bond donors (Lipinski definition) is 3. The number of benzene rings is 2. The van der Waals surface area contributed by atoms with Gasteiger partial charge >= 0.3 is 11.9 Å². The molecule has 1 aliphatic heterocycles. The summed E-state index contributed by atoms with van der Waals surface area (Å²) in [6.45, 7) is 5.80. The number of nitrogens with one attached hydrogen (secondary N) is 2. The summed E-state index contributed by atoms with van der Waals surface area (Å²) in [5, 5.41) is 11.9. The number of aromatic hydroxyl groups is 1. The number of ether oxygens (including phenoxy) is 3. The molecule has 2 aromatic carbocycles. The van der Waals surface area contributed by atoms with Crippen LogP contribution in [0, 0.1) is 0 Å². The minimum absolute atomic E-state index is 0.0242. The maximum atomic E-state index is 13.1. The Morgan fingerprint density at radius 2 is 1.66 bits per heavy atom. The molecule has 5 rings (SSSR count). The number of rotatable bonds is 8. The second-order valence-corrected chi connectivity index (χ2v) is 9.43. The fourth-order valence-electron chi connectivity index (χ4n) is 5.07. The van der Waals surface area contributed by atoms with Crippen LogP contribution in [0.25, 0.3) is 17.3 Å². The third-order valence-corrected chi connectivity index (χ3v) is 6.93. The number of carbonyl (C=O) groups is 2. The van der Waals surface area contributed by atoms with Gasteiger partial charge in [-0.25, -0.2) is 14.6 Å². The van der Waals surface area contributed by atoms with Crippen LogP contribution in [-0.2, 0) is 14.3 Å². The first-order chi connectivity index (χ1) is 19.9.